The van der Waals surface area contributed by atoms with Crippen LogP contribution < -0.4 is 15.5 Å². The van der Waals surface area contributed by atoms with E-state index in [-0.39, 0.29) is 30.1 Å². The molecule has 0 amide bonds. The van der Waals surface area contributed by atoms with E-state index in [1.165, 1.54) is 0 Å². The molecular formula is C22H34IN5O2. The van der Waals surface area contributed by atoms with Crippen LogP contribution in [-0.2, 0) is 9.47 Å². The molecule has 0 aliphatic carbocycles. The number of nitriles is 1. The van der Waals surface area contributed by atoms with Crippen LogP contribution in [0.3, 0.4) is 0 Å². The van der Waals surface area contributed by atoms with Crippen LogP contribution >= 0.6 is 24.0 Å². The van der Waals surface area contributed by atoms with Crippen LogP contribution in [-0.4, -0.2) is 64.1 Å². The Balaban J connectivity index is 0.00000320. The molecule has 2 heterocycles. The Morgan fingerprint density at radius 2 is 2.20 bits per heavy atom. The summed E-state index contributed by atoms with van der Waals surface area (Å²) in [7, 11) is 0. The molecule has 7 nitrogen and oxygen atoms in total. The Morgan fingerprint density at radius 3 is 2.97 bits per heavy atom. The number of rotatable bonds is 8. The number of para-hydroxylation sites is 1. The predicted octanol–water partition coefficient (Wildman–Crippen LogP) is 2.90. The molecule has 3 rings (SSSR count). The van der Waals surface area contributed by atoms with E-state index in [4.69, 9.17) is 9.47 Å². The molecule has 30 heavy (non-hydrogen) atoms. The van der Waals surface area contributed by atoms with Gasteiger partial charge in [0.1, 0.15) is 6.07 Å². The molecule has 2 atom stereocenters. The summed E-state index contributed by atoms with van der Waals surface area (Å²) in [6.07, 6.45) is 4.67. The molecule has 0 bridgehead atoms. The monoisotopic (exact) mass is 527 g/mol. The van der Waals surface area contributed by atoms with Gasteiger partial charge in [0.05, 0.1) is 37.1 Å². The maximum atomic E-state index is 9.40. The molecule has 2 unspecified atom stereocenters. The number of benzene rings is 1. The number of hydrogen-bond donors (Lipinski definition) is 2. The van der Waals surface area contributed by atoms with Crippen LogP contribution in [0.25, 0.3) is 0 Å². The van der Waals surface area contributed by atoms with E-state index in [0.29, 0.717) is 25.8 Å². The lowest BCUT2D eigenvalue weighted by atomic mass is 10.0. The summed E-state index contributed by atoms with van der Waals surface area (Å²) in [5, 5.41) is 16.3. The molecule has 0 saturated carbocycles. The van der Waals surface area contributed by atoms with Crippen molar-refractivity contribution in [2.75, 3.05) is 50.9 Å². The van der Waals surface area contributed by atoms with Gasteiger partial charge in [0.15, 0.2) is 5.96 Å². The third-order valence-corrected chi connectivity index (χ3v) is 5.30. The summed E-state index contributed by atoms with van der Waals surface area (Å²) in [5.74, 6) is 0.827. The van der Waals surface area contributed by atoms with Crippen molar-refractivity contribution in [3.05, 3.63) is 29.8 Å². The standard InChI is InChI=1S/C22H33N5O2.HI/c1-2-24-22(25-11-14-28-17-20-9-6-13-29-20)26-19-8-5-12-27(16-19)21-10-4-3-7-18(21)15-23;/h3-4,7,10,19-20H,2,5-6,8-9,11-14,16-17H2,1H3,(H2,24,25,26);1H. The van der Waals surface area contributed by atoms with Gasteiger partial charge in [0.25, 0.3) is 0 Å². The number of ether oxygens (including phenoxy) is 2. The Hall–Kier alpha value is -1.57. The summed E-state index contributed by atoms with van der Waals surface area (Å²) < 4.78 is 11.3. The molecule has 0 radical (unpaired) electrons. The highest BCUT2D eigenvalue weighted by Crippen LogP contribution is 2.23. The zero-order valence-electron chi connectivity index (χ0n) is 17.8. The Bertz CT molecular complexity index is 703. The van der Waals surface area contributed by atoms with Crippen LogP contribution in [0.15, 0.2) is 29.3 Å². The minimum absolute atomic E-state index is 0. The van der Waals surface area contributed by atoms with Gasteiger partial charge in [-0.05, 0) is 44.7 Å². The van der Waals surface area contributed by atoms with Crippen LogP contribution in [0, 0.1) is 11.3 Å². The fourth-order valence-electron chi connectivity index (χ4n) is 3.88. The van der Waals surface area contributed by atoms with E-state index in [1.807, 2.05) is 24.3 Å². The summed E-state index contributed by atoms with van der Waals surface area (Å²) in [4.78, 5) is 6.96. The Kier molecular flexibility index (Phi) is 11.3. The summed E-state index contributed by atoms with van der Waals surface area (Å²) in [5.41, 5.74) is 1.75. The molecule has 1 aromatic rings. The zero-order chi connectivity index (χ0) is 20.3. The molecule has 2 fully saturated rings. The van der Waals surface area contributed by atoms with Crippen molar-refractivity contribution in [3.63, 3.8) is 0 Å². The first-order valence-corrected chi connectivity index (χ1v) is 10.8. The highest BCUT2D eigenvalue weighted by Gasteiger charge is 2.22. The van der Waals surface area contributed by atoms with Crippen molar-refractivity contribution in [2.45, 2.75) is 44.8 Å². The second-order valence-electron chi connectivity index (χ2n) is 7.53. The van der Waals surface area contributed by atoms with Crippen LogP contribution in [0.4, 0.5) is 5.69 Å². The molecule has 2 N–H and O–H groups in total. The highest BCUT2D eigenvalue weighted by atomic mass is 127. The first kappa shape index (κ1) is 24.7. The van der Waals surface area contributed by atoms with Crippen LogP contribution in [0.1, 0.15) is 38.2 Å². The molecular weight excluding hydrogens is 493 g/mol. The Labute approximate surface area is 197 Å². The van der Waals surface area contributed by atoms with Crippen molar-refractivity contribution in [3.8, 4) is 6.07 Å². The SMILES string of the molecule is CCNC(=NCCOCC1CCCO1)NC1CCCN(c2ccccc2C#N)C1.I. The van der Waals surface area contributed by atoms with E-state index in [2.05, 4.69) is 33.5 Å². The average molecular weight is 527 g/mol. The van der Waals surface area contributed by atoms with Gasteiger partial charge in [-0.2, -0.15) is 5.26 Å². The van der Waals surface area contributed by atoms with E-state index < -0.39 is 0 Å². The second kappa shape index (κ2) is 13.7. The molecule has 8 heteroatoms. The van der Waals surface area contributed by atoms with Crippen molar-refractivity contribution in [1.82, 2.24) is 10.6 Å². The van der Waals surface area contributed by atoms with Crippen molar-refractivity contribution in [1.29, 1.82) is 5.26 Å². The summed E-state index contributed by atoms with van der Waals surface area (Å²) in [6, 6.07) is 10.4. The first-order valence-electron chi connectivity index (χ1n) is 10.8. The van der Waals surface area contributed by atoms with Gasteiger partial charge in [-0.3, -0.25) is 4.99 Å². The number of halogens is 1. The number of nitrogens with one attached hydrogen (secondary N) is 2. The van der Waals surface area contributed by atoms with Crippen molar-refractivity contribution < 1.29 is 9.47 Å². The Morgan fingerprint density at radius 1 is 1.33 bits per heavy atom. The minimum atomic E-state index is 0. The van der Waals surface area contributed by atoms with E-state index in [0.717, 1.165) is 69.1 Å². The summed E-state index contributed by atoms with van der Waals surface area (Å²) in [6.45, 7) is 7.46. The van der Waals surface area contributed by atoms with Gasteiger partial charge >= 0.3 is 0 Å². The number of anilines is 1. The molecule has 0 spiro atoms. The number of aliphatic imine (C=N–C) groups is 1. The smallest absolute Gasteiger partial charge is 0.191 e. The third-order valence-electron chi connectivity index (χ3n) is 5.30. The normalized spacial score (nSPS) is 21.6. The number of guanidine groups is 1. The van der Waals surface area contributed by atoms with Crippen LogP contribution in [0.5, 0.6) is 0 Å². The van der Waals surface area contributed by atoms with Crippen LogP contribution in [0.2, 0.25) is 0 Å². The molecule has 2 aliphatic heterocycles. The quantitative estimate of drug-likeness (QED) is 0.234. The van der Waals surface area contributed by atoms with Gasteiger partial charge in [0, 0.05) is 32.3 Å². The first-order chi connectivity index (χ1) is 14.3. The average Bonchev–Trinajstić information content (AvgIpc) is 3.27. The van der Waals surface area contributed by atoms with Gasteiger partial charge in [0.2, 0.25) is 0 Å². The molecule has 2 saturated heterocycles. The van der Waals surface area contributed by atoms with Crippen molar-refractivity contribution >= 4 is 35.6 Å². The highest BCUT2D eigenvalue weighted by molar-refractivity contribution is 14.0. The molecule has 0 aromatic heterocycles. The number of nitrogens with zero attached hydrogens (tertiary/aromatic N) is 3. The predicted molar refractivity (Wildman–Crippen MR) is 131 cm³/mol. The zero-order valence-corrected chi connectivity index (χ0v) is 20.1. The lowest BCUT2D eigenvalue weighted by molar-refractivity contribution is 0.0200. The number of hydrogen-bond acceptors (Lipinski definition) is 5. The van der Waals surface area contributed by atoms with Gasteiger partial charge in [-0.15, -0.1) is 24.0 Å². The lowest BCUT2D eigenvalue weighted by Crippen LogP contribution is -2.51. The van der Waals surface area contributed by atoms with Gasteiger partial charge in [-0.25, -0.2) is 0 Å². The third kappa shape index (κ3) is 7.60. The van der Waals surface area contributed by atoms with E-state index >= 15 is 0 Å². The molecule has 2 aliphatic rings. The molecule has 166 valence electrons. The number of piperidine rings is 1. The van der Waals surface area contributed by atoms with E-state index in [9.17, 15) is 5.26 Å². The minimum Gasteiger partial charge on any atom is -0.377 e. The van der Waals surface area contributed by atoms with Gasteiger partial charge < -0.3 is 25.0 Å². The largest absolute Gasteiger partial charge is 0.377 e. The molecule has 1 aromatic carbocycles. The maximum absolute atomic E-state index is 9.40. The van der Waals surface area contributed by atoms with Crippen molar-refractivity contribution in [2.24, 2.45) is 4.99 Å². The lowest BCUT2D eigenvalue weighted by Gasteiger charge is -2.35. The topological polar surface area (TPSA) is 81.9 Å². The second-order valence-corrected chi connectivity index (χ2v) is 7.53. The summed E-state index contributed by atoms with van der Waals surface area (Å²) >= 11 is 0. The maximum Gasteiger partial charge on any atom is 0.191 e. The van der Waals surface area contributed by atoms with Gasteiger partial charge in [-0.1, -0.05) is 12.1 Å². The van der Waals surface area contributed by atoms with E-state index in [1.54, 1.807) is 0 Å². The fraction of sp³-hybridized carbons (Fsp3) is 0.636. The fourth-order valence-corrected chi connectivity index (χ4v) is 3.88.